The molecule has 0 aromatic rings. The molecule has 0 radical (unpaired) electrons. The lowest BCUT2D eigenvalue weighted by atomic mass is 9.99. The predicted molar refractivity (Wildman–Crippen MR) is 88.6 cm³/mol. The Kier molecular flexibility index (Phi) is 11.9. The largest absolute Gasteiger partial charge is 0.466 e. The molecule has 0 N–H and O–H groups in total. The van der Waals surface area contributed by atoms with Gasteiger partial charge in [-0.1, -0.05) is 53.4 Å². The zero-order valence-corrected chi connectivity index (χ0v) is 14.9. The van der Waals surface area contributed by atoms with Gasteiger partial charge in [0.1, 0.15) is 0 Å². The van der Waals surface area contributed by atoms with Gasteiger partial charge in [-0.05, 0) is 24.7 Å². The van der Waals surface area contributed by atoms with Crippen molar-refractivity contribution in [3.8, 4) is 0 Å². The molecule has 0 aliphatic heterocycles. The first-order valence-electron chi connectivity index (χ1n) is 8.66. The molecule has 0 fully saturated rings. The van der Waals surface area contributed by atoms with Gasteiger partial charge in [0.2, 0.25) is 0 Å². The number of ether oxygens (including phenoxy) is 2. The maximum Gasteiger partial charge on any atom is 0.305 e. The first-order chi connectivity index (χ1) is 10.3. The van der Waals surface area contributed by atoms with Gasteiger partial charge in [-0.25, -0.2) is 0 Å². The number of esters is 2. The van der Waals surface area contributed by atoms with Crippen molar-refractivity contribution in [3.05, 3.63) is 0 Å². The highest BCUT2D eigenvalue weighted by atomic mass is 16.5. The summed E-state index contributed by atoms with van der Waals surface area (Å²) in [4.78, 5) is 22.8. The molecule has 0 aliphatic carbocycles. The van der Waals surface area contributed by atoms with E-state index in [0.717, 1.165) is 44.9 Å². The molecule has 0 spiro atoms. The van der Waals surface area contributed by atoms with Gasteiger partial charge >= 0.3 is 11.9 Å². The van der Waals surface area contributed by atoms with Crippen LogP contribution in [-0.2, 0) is 19.1 Å². The maximum atomic E-state index is 11.5. The normalized spacial score (nSPS) is 11.3. The number of rotatable bonds is 12. The minimum atomic E-state index is -0.0893. The summed E-state index contributed by atoms with van der Waals surface area (Å²) in [7, 11) is 0. The van der Waals surface area contributed by atoms with Crippen molar-refractivity contribution in [2.45, 2.75) is 85.5 Å². The molecule has 0 saturated heterocycles. The Morgan fingerprint density at radius 3 is 1.68 bits per heavy atom. The lowest BCUT2D eigenvalue weighted by Gasteiger charge is -2.17. The zero-order valence-electron chi connectivity index (χ0n) is 14.9. The van der Waals surface area contributed by atoms with Gasteiger partial charge in [-0.3, -0.25) is 9.59 Å². The maximum absolute atomic E-state index is 11.5. The highest BCUT2D eigenvalue weighted by molar-refractivity contribution is 5.69. The van der Waals surface area contributed by atoms with Crippen LogP contribution in [0.5, 0.6) is 0 Å². The van der Waals surface area contributed by atoms with E-state index in [1.807, 2.05) is 6.92 Å². The summed E-state index contributed by atoms with van der Waals surface area (Å²) in [5, 5.41) is 0. The molecule has 0 saturated carbocycles. The Balaban J connectivity index is 3.33. The van der Waals surface area contributed by atoms with Gasteiger partial charge in [-0.2, -0.15) is 0 Å². The van der Waals surface area contributed by atoms with Crippen LogP contribution in [0.3, 0.4) is 0 Å². The van der Waals surface area contributed by atoms with Crippen LogP contribution in [0.2, 0.25) is 0 Å². The SMILES string of the molecule is CCCOC(=O)CCCCCCCCC(=O)OCC(C)(C)C. The number of hydrogen-bond donors (Lipinski definition) is 0. The van der Waals surface area contributed by atoms with E-state index in [9.17, 15) is 9.59 Å². The Bertz CT molecular complexity index is 305. The summed E-state index contributed by atoms with van der Waals surface area (Å²) >= 11 is 0. The van der Waals surface area contributed by atoms with E-state index in [0.29, 0.717) is 26.1 Å². The Morgan fingerprint density at radius 1 is 0.773 bits per heavy atom. The smallest absolute Gasteiger partial charge is 0.305 e. The second-order valence-electron chi connectivity index (χ2n) is 7.06. The Hall–Kier alpha value is -1.06. The molecule has 0 atom stereocenters. The summed E-state index contributed by atoms with van der Waals surface area (Å²) < 4.78 is 10.2. The highest BCUT2D eigenvalue weighted by Gasteiger charge is 2.13. The van der Waals surface area contributed by atoms with Crippen molar-refractivity contribution >= 4 is 11.9 Å². The lowest BCUT2D eigenvalue weighted by Crippen LogP contribution is -2.18. The summed E-state index contributed by atoms with van der Waals surface area (Å²) in [6, 6.07) is 0. The average Bonchev–Trinajstić information content (AvgIpc) is 2.45. The topological polar surface area (TPSA) is 52.6 Å². The van der Waals surface area contributed by atoms with Crippen LogP contribution in [-0.4, -0.2) is 25.2 Å². The van der Waals surface area contributed by atoms with E-state index in [4.69, 9.17) is 9.47 Å². The van der Waals surface area contributed by atoms with Crippen LogP contribution in [0.4, 0.5) is 0 Å². The molecule has 4 heteroatoms. The first kappa shape index (κ1) is 20.9. The van der Waals surface area contributed by atoms with Crippen LogP contribution in [0.1, 0.15) is 85.5 Å². The van der Waals surface area contributed by atoms with Gasteiger partial charge in [0.05, 0.1) is 13.2 Å². The van der Waals surface area contributed by atoms with E-state index in [2.05, 4.69) is 20.8 Å². The second-order valence-corrected chi connectivity index (χ2v) is 7.06. The highest BCUT2D eigenvalue weighted by Crippen LogP contribution is 2.14. The molecular weight excluding hydrogens is 280 g/mol. The summed E-state index contributed by atoms with van der Waals surface area (Å²) in [5.41, 5.74) is 0.0357. The zero-order chi connectivity index (χ0) is 16.8. The molecule has 0 rings (SSSR count). The van der Waals surface area contributed by atoms with E-state index in [1.54, 1.807) is 0 Å². The number of carbonyl (C=O) groups is 2. The molecule has 0 unspecified atom stereocenters. The minimum Gasteiger partial charge on any atom is -0.466 e. The van der Waals surface area contributed by atoms with E-state index in [1.165, 1.54) is 0 Å². The fraction of sp³-hybridized carbons (Fsp3) is 0.889. The fourth-order valence-electron chi connectivity index (χ4n) is 1.90. The lowest BCUT2D eigenvalue weighted by molar-refractivity contribution is -0.146. The molecule has 130 valence electrons. The molecular formula is C18H34O4. The second kappa shape index (κ2) is 12.5. The number of unbranched alkanes of at least 4 members (excludes halogenated alkanes) is 5. The van der Waals surface area contributed by atoms with Crippen LogP contribution >= 0.6 is 0 Å². The molecule has 4 nitrogen and oxygen atoms in total. The molecule has 0 amide bonds. The Morgan fingerprint density at radius 2 is 1.23 bits per heavy atom. The average molecular weight is 314 g/mol. The third kappa shape index (κ3) is 15.3. The van der Waals surface area contributed by atoms with Crippen molar-refractivity contribution in [2.24, 2.45) is 5.41 Å². The first-order valence-corrected chi connectivity index (χ1v) is 8.66. The van der Waals surface area contributed by atoms with Gasteiger partial charge in [0.25, 0.3) is 0 Å². The minimum absolute atomic E-state index is 0.0357. The number of hydrogen-bond acceptors (Lipinski definition) is 4. The third-order valence-corrected chi connectivity index (χ3v) is 3.15. The van der Waals surface area contributed by atoms with E-state index in [-0.39, 0.29) is 17.4 Å². The third-order valence-electron chi connectivity index (χ3n) is 3.15. The number of carbonyl (C=O) groups excluding carboxylic acids is 2. The summed E-state index contributed by atoms with van der Waals surface area (Å²) in [6.07, 6.45) is 8.02. The van der Waals surface area contributed by atoms with Crippen molar-refractivity contribution in [2.75, 3.05) is 13.2 Å². The van der Waals surface area contributed by atoms with Crippen molar-refractivity contribution in [1.82, 2.24) is 0 Å². The summed E-state index contributed by atoms with van der Waals surface area (Å²) in [5.74, 6) is -0.169. The Labute approximate surface area is 135 Å². The predicted octanol–water partition coefficient (Wildman–Crippen LogP) is 4.65. The molecule has 22 heavy (non-hydrogen) atoms. The fourth-order valence-corrected chi connectivity index (χ4v) is 1.90. The monoisotopic (exact) mass is 314 g/mol. The molecule has 0 aliphatic rings. The van der Waals surface area contributed by atoms with Crippen LogP contribution in [0.25, 0.3) is 0 Å². The van der Waals surface area contributed by atoms with Crippen LogP contribution in [0, 0.1) is 5.41 Å². The van der Waals surface area contributed by atoms with Gasteiger partial charge in [0.15, 0.2) is 0 Å². The van der Waals surface area contributed by atoms with Crippen LogP contribution in [0.15, 0.2) is 0 Å². The van der Waals surface area contributed by atoms with Crippen molar-refractivity contribution in [3.63, 3.8) is 0 Å². The molecule has 0 aromatic heterocycles. The van der Waals surface area contributed by atoms with Crippen molar-refractivity contribution < 1.29 is 19.1 Å². The van der Waals surface area contributed by atoms with E-state index >= 15 is 0 Å². The molecule has 0 aromatic carbocycles. The van der Waals surface area contributed by atoms with Crippen molar-refractivity contribution in [1.29, 1.82) is 0 Å². The quantitative estimate of drug-likeness (QED) is 0.388. The van der Waals surface area contributed by atoms with Gasteiger partial charge < -0.3 is 9.47 Å². The van der Waals surface area contributed by atoms with Gasteiger partial charge in [-0.15, -0.1) is 0 Å². The van der Waals surface area contributed by atoms with E-state index < -0.39 is 0 Å². The van der Waals surface area contributed by atoms with Crippen LogP contribution < -0.4 is 0 Å². The molecule has 0 heterocycles. The standard InChI is InChI=1S/C18H34O4/c1-5-14-21-16(19)12-10-8-6-7-9-11-13-17(20)22-15-18(2,3)4/h5-15H2,1-4H3. The summed E-state index contributed by atoms with van der Waals surface area (Å²) in [6.45, 7) is 9.17. The van der Waals surface area contributed by atoms with Gasteiger partial charge in [0, 0.05) is 12.8 Å². The molecule has 0 bridgehead atoms.